The highest BCUT2D eigenvalue weighted by Gasteiger charge is 2.29. The molecule has 0 spiro atoms. The molecule has 0 saturated carbocycles. The van der Waals surface area contributed by atoms with Gasteiger partial charge in [-0.15, -0.1) is 0 Å². The zero-order valence-electron chi connectivity index (χ0n) is 11.3. The molecule has 1 aliphatic rings. The molecule has 2 heterocycles. The lowest BCUT2D eigenvalue weighted by Gasteiger charge is -2.17. The van der Waals surface area contributed by atoms with Crippen LogP contribution >= 0.6 is 0 Å². The predicted molar refractivity (Wildman–Crippen MR) is 78.6 cm³/mol. The summed E-state index contributed by atoms with van der Waals surface area (Å²) in [5.74, 6) is 0.631. The van der Waals surface area contributed by atoms with E-state index >= 15 is 0 Å². The number of carbonyl (C=O) groups is 1. The molecule has 2 aromatic rings. The largest absolute Gasteiger partial charge is 0.397 e. The number of benzene rings is 1. The second kappa shape index (κ2) is 4.61. The van der Waals surface area contributed by atoms with E-state index in [4.69, 9.17) is 11.5 Å². The van der Waals surface area contributed by atoms with E-state index in [0.717, 1.165) is 22.4 Å². The van der Waals surface area contributed by atoms with Gasteiger partial charge in [0.05, 0.1) is 24.0 Å². The molecule has 102 valence electrons. The highest BCUT2D eigenvalue weighted by molar-refractivity contribution is 6.06. The molecule has 4 N–H and O–H groups in total. The fraction of sp³-hybridized carbons (Fsp3) is 0.200. The van der Waals surface area contributed by atoms with Gasteiger partial charge in [0, 0.05) is 6.54 Å². The van der Waals surface area contributed by atoms with Crippen molar-refractivity contribution in [2.75, 3.05) is 10.6 Å². The lowest BCUT2D eigenvalue weighted by Crippen LogP contribution is -2.22. The van der Waals surface area contributed by atoms with Gasteiger partial charge in [0.15, 0.2) is 0 Å². The zero-order valence-corrected chi connectivity index (χ0v) is 11.3. The van der Waals surface area contributed by atoms with Gasteiger partial charge in [-0.05, 0) is 35.7 Å². The van der Waals surface area contributed by atoms with Gasteiger partial charge in [0.2, 0.25) is 5.91 Å². The van der Waals surface area contributed by atoms with Crippen LogP contribution < -0.4 is 16.4 Å². The Balaban J connectivity index is 2.07. The molecule has 0 fully saturated rings. The van der Waals surface area contributed by atoms with Crippen molar-refractivity contribution in [2.45, 2.75) is 19.9 Å². The number of hydrogen-bond donors (Lipinski definition) is 2. The number of hydrogen-bond acceptors (Lipinski definition) is 4. The van der Waals surface area contributed by atoms with Crippen molar-refractivity contribution in [1.82, 2.24) is 4.98 Å². The number of fused-ring (bicyclic) bond motifs is 1. The molecule has 0 unspecified atom stereocenters. The summed E-state index contributed by atoms with van der Waals surface area (Å²) < 4.78 is 0. The van der Waals surface area contributed by atoms with Gasteiger partial charge < -0.3 is 11.5 Å². The Hall–Kier alpha value is -2.40. The second-order valence-corrected chi connectivity index (χ2v) is 4.97. The zero-order chi connectivity index (χ0) is 14.3. The number of aromatic nitrogens is 1. The van der Waals surface area contributed by atoms with Crippen LogP contribution in [0.2, 0.25) is 0 Å². The second-order valence-electron chi connectivity index (χ2n) is 4.97. The van der Waals surface area contributed by atoms with E-state index in [1.807, 2.05) is 31.2 Å². The Labute approximate surface area is 117 Å². The molecule has 0 aliphatic carbocycles. The molecule has 0 radical (unpaired) electrons. The average Bonchev–Trinajstić information content (AvgIpc) is 2.76. The minimum atomic E-state index is 0.0193. The fourth-order valence-corrected chi connectivity index (χ4v) is 2.43. The summed E-state index contributed by atoms with van der Waals surface area (Å²) in [5, 5.41) is 0. The Morgan fingerprint density at radius 1 is 1.35 bits per heavy atom. The van der Waals surface area contributed by atoms with Gasteiger partial charge in [0.25, 0.3) is 0 Å². The monoisotopic (exact) mass is 268 g/mol. The van der Waals surface area contributed by atoms with Crippen molar-refractivity contribution in [3.05, 3.63) is 47.2 Å². The van der Waals surface area contributed by atoms with Crippen molar-refractivity contribution in [3.63, 3.8) is 0 Å². The van der Waals surface area contributed by atoms with Crippen LogP contribution in [0, 0.1) is 6.92 Å². The molecule has 1 aromatic carbocycles. The Morgan fingerprint density at radius 2 is 2.15 bits per heavy atom. The van der Waals surface area contributed by atoms with Gasteiger partial charge in [-0.1, -0.05) is 12.1 Å². The molecule has 1 aliphatic heterocycles. The van der Waals surface area contributed by atoms with Crippen molar-refractivity contribution in [1.29, 1.82) is 0 Å². The molecule has 0 bridgehead atoms. The highest BCUT2D eigenvalue weighted by atomic mass is 16.2. The van der Waals surface area contributed by atoms with E-state index in [2.05, 4.69) is 4.98 Å². The number of carbonyl (C=O) groups excluding carboxylic acids is 1. The van der Waals surface area contributed by atoms with Crippen LogP contribution in [0.25, 0.3) is 0 Å². The molecular weight excluding hydrogens is 252 g/mol. The lowest BCUT2D eigenvalue weighted by atomic mass is 10.1. The molecule has 0 atom stereocenters. The van der Waals surface area contributed by atoms with Crippen LogP contribution in [-0.4, -0.2) is 10.9 Å². The minimum absolute atomic E-state index is 0.0193. The molecule has 0 saturated heterocycles. The Morgan fingerprint density at radius 3 is 2.85 bits per heavy atom. The van der Waals surface area contributed by atoms with Crippen LogP contribution in [0.5, 0.6) is 0 Å². The highest BCUT2D eigenvalue weighted by Crippen LogP contribution is 2.35. The third-order valence-electron chi connectivity index (χ3n) is 3.58. The molecule has 3 rings (SSSR count). The number of nitrogen functional groups attached to an aromatic ring is 1. The van der Waals surface area contributed by atoms with Crippen molar-refractivity contribution < 1.29 is 4.79 Å². The minimum Gasteiger partial charge on any atom is -0.397 e. The van der Waals surface area contributed by atoms with Crippen molar-refractivity contribution in [2.24, 2.45) is 5.73 Å². The topological polar surface area (TPSA) is 85.2 Å². The number of nitrogens with zero attached hydrogens (tertiary/aromatic N) is 2. The first-order chi connectivity index (χ1) is 9.60. The standard InChI is InChI=1S/C15H16N4O/c1-9-4-14(18-8-12(9)17)19-13-3-2-10(7-16)5-11(13)6-15(19)20/h2-5,8H,6-7,16-17H2,1H3. The predicted octanol–water partition coefficient (Wildman–Crippen LogP) is 1.65. The maximum atomic E-state index is 12.3. The van der Waals surface area contributed by atoms with E-state index < -0.39 is 0 Å². The number of pyridine rings is 1. The number of aryl methyl sites for hydroxylation is 1. The lowest BCUT2D eigenvalue weighted by molar-refractivity contribution is -0.116. The number of anilines is 3. The number of nitrogens with two attached hydrogens (primary N) is 2. The van der Waals surface area contributed by atoms with Gasteiger partial charge in [-0.2, -0.15) is 0 Å². The smallest absolute Gasteiger partial charge is 0.237 e. The van der Waals surface area contributed by atoms with E-state index in [9.17, 15) is 4.79 Å². The summed E-state index contributed by atoms with van der Waals surface area (Å²) >= 11 is 0. The SMILES string of the molecule is Cc1cc(N2C(=O)Cc3cc(CN)ccc32)ncc1N. The van der Waals surface area contributed by atoms with Crippen LogP contribution in [0.4, 0.5) is 17.2 Å². The van der Waals surface area contributed by atoms with E-state index in [1.165, 1.54) is 0 Å². The molecular formula is C15H16N4O. The van der Waals surface area contributed by atoms with Crippen molar-refractivity contribution in [3.8, 4) is 0 Å². The summed E-state index contributed by atoms with van der Waals surface area (Å²) in [5.41, 5.74) is 15.8. The molecule has 5 nitrogen and oxygen atoms in total. The summed E-state index contributed by atoms with van der Waals surface area (Å²) in [4.78, 5) is 18.2. The number of rotatable bonds is 2. The van der Waals surface area contributed by atoms with Gasteiger partial charge >= 0.3 is 0 Å². The first kappa shape index (κ1) is 12.6. The number of amides is 1. The summed E-state index contributed by atoms with van der Waals surface area (Å²) in [7, 11) is 0. The fourth-order valence-electron chi connectivity index (χ4n) is 2.43. The molecule has 5 heteroatoms. The van der Waals surface area contributed by atoms with Gasteiger partial charge in [0.1, 0.15) is 5.82 Å². The van der Waals surface area contributed by atoms with Crippen molar-refractivity contribution >= 4 is 23.1 Å². The van der Waals surface area contributed by atoms with Crippen LogP contribution in [0.15, 0.2) is 30.5 Å². The Kier molecular flexibility index (Phi) is 2.91. The Bertz CT molecular complexity index is 696. The van der Waals surface area contributed by atoms with Gasteiger partial charge in [-0.25, -0.2) is 4.98 Å². The first-order valence-electron chi connectivity index (χ1n) is 6.47. The molecule has 20 heavy (non-hydrogen) atoms. The first-order valence-corrected chi connectivity index (χ1v) is 6.47. The summed E-state index contributed by atoms with van der Waals surface area (Å²) in [6.45, 7) is 2.38. The van der Waals surface area contributed by atoms with Crippen LogP contribution in [0.3, 0.4) is 0 Å². The molecule has 1 aromatic heterocycles. The maximum absolute atomic E-state index is 12.3. The average molecular weight is 268 g/mol. The molecule has 1 amide bonds. The summed E-state index contributed by atoms with van der Waals surface area (Å²) in [6.07, 6.45) is 1.97. The summed E-state index contributed by atoms with van der Waals surface area (Å²) in [6, 6.07) is 7.68. The van der Waals surface area contributed by atoms with Crippen LogP contribution in [0.1, 0.15) is 16.7 Å². The maximum Gasteiger partial charge on any atom is 0.237 e. The van der Waals surface area contributed by atoms with Gasteiger partial charge in [-0.3, -0.25) is 9.69 Å². The van der Waals surface area contributed by atoms with E-state index in [1.54, 1.807) is 11.1 Å². The third kappa shape index (κ3) is 1.92. The van der Waals surface area contributed by atoms with E-state index in [0.29, 0.717) is 24.5 Å². The third-order valence-corrected chi connectivity index (χ3v) is 3.58. The quantitative estimate of drug-likeness (QED) is 0.867. The van der Waals surface area contributed by atoms with E-state index in [-0.39, 0.29) is 5.91 Å². The van der Waals surface area contributed by atoms with Crippen LogP contribution in [-0.2, 0) is 17.8 Å². The normalized spacial score (nSPS) is 13.7.